The van der Waals surface area contributed by atoms with Gasteiger partial charge < -0.3 is 20.2 Å². The van der Waals surface area contributed by atoms with E-state index in [-0.39, 0.29) is 30.0 Å². The van der Waals surface area contributed by atoms with Gasteiger partial charge in [-0.2, -0.15) is 0 Å². The first kappa shape index (κ1) is 18.8. The van der Waals surface area contributed by atoms with E-state index in [1.165, 1.54) is 11.3 Å². The summed E-state index contributed by atoms with van der Waals surface area (Å²) in [5.74, 6) is -4.29. The number of primary amides is 1. The molecule has 1 atom stereocenters. The standard InChI is InChI=1S/C19H19F2N3O3S/c1-9-14(28-8-24-9)6-26-12-3-4-13-17(15(18(22)25)10(2)27-13)16(12)11-5-23-7-19(11,20)21/h3-4,8,11,23H,5-7H2,1-2H3,(H2,22,25). The molecule has 6 nitrogen and oxygen atoms in total. The largest absolute Gasteiger partial charge is 0.488 e. The van der Waals surface area contributed by atoms with Gasteiger partial charge in [-0.15, -0.1) is 11.3 Å². The minimum absolute atomic E-state index is 0.0600. The minimum atomic E-state index is -2.99. The SMILES string of the molecule is Cc1ncsc1COc1ccc2oc(C)c(C(N)=O)c2c1C1CNCC1(F)F. The van der Waals surface area contributed by atoms with Crippen LogP contribution in [0.5, 0.6) is 5.75 Å². The quantitative estimate of drug-likeness (QED) is 0.676. The summed E-state index contributed by atoms with van der Waals surface area (Å²) in [6, 6.07) is 3.23. The van der Waals surface area contributed by atoms with Gasteiger partial charge in [0, 0.05) is 17.5 Å². The predicted octanol–water partition coefficient (Wildman–Crippen LogP) is 3.51. The van der Waals surface area contributed by atoms with E-state index >= 15 is 0 Å². The lowest BCUT2D eigenvalue weighted by Crippen LogP contribution is -2.26. The fourth-order valence-electron chi connectivity index (χ4n) is 3.66. The van der Waals surface area contributed by atoms with Crippen LogP contribution >= 0.6 is 11.3 Å². The molecule has 28 heavy (non-hydrogen) atoms. The third kappa shape index (κ3) is 3.04. The molecule has 2 aromatic heterocycles. The molecule has 1 saturated heterocycles. The number of aromatic nitrogens is 1. The molecule has 4 rings (SSSR count). The zero-order chi connectivity index (χ0) is 20.1. The molecule has 1 amide bonds. The first-order valence-corrected chi connectivity index (χ1v) is 9.63. The van der Waals surface area contributed by atoms with Gasteiger partial charge in [0.1, 0.15) is 23.7 Å². The van der Waals surface area contributed by atoms with Gasteiger partial charge in [0.2, 0.25) is 0 Å². The Labute approximate surface area is 163 Å². The third-order valence-electron chi connectivity index (χ3n) is 5.05. The van der Waals surface area contributed by atoms with E-state index in [2.05, 4.69) is 10.3 Å². The van der Waals surface area contributed by atoms with Gasteiger partial charge in [-0.05, 0) is 26.0 Å². The highest BCUT2D eigenvalue weighted by atomic mass is 32.1. The average molecular weight is 407 g/mol. The van der Waals surface area contributed by atoms with Crippen LogP contribution in [0, 0.1) is 13.8 Å². The molecule has 0 aliphatic carbocycles. The molecule has 3 heterocycles. The van der Waals surface area contributed by atoms with Gasteiger partial charge in [-0.3, -0.25) is 4.79 Å². The van der Waals surface area contributed by atoms with E-state index in [0.29, 0.717) is 16.7 Å². The van der Waals surface area contributed by atoms with Gasteiger partial charge in [0.15, 0.2) is 0 Å². The zero-order valence-electron chi connectivity index (χ0n) is 15.3. The van der Waals surface area contributed by atoms with Crippen molar-refractivity contribution < 1.29 is 22.7 Å². The van der Waals surface area contributed by atoms with Gasteiger partial charge in [-0.1, -0.05) is 0 Å². The number of hydrogen-bond acceptors (Lipinski definition) is 6. The van der Waals surface area contributed by atoms with Crippen LogP contribution in [0.25, 0.3) is 11.0 Å². The smallest absolute Gasteiger partial charge is 0.268 e. The highest BCUT2D eigenvalue weighted by Gasteiger charge is 2.47. The lowest BCUT2D eigenvalue weighted by Gasteiger charge is -2.22. The van der Waals surface area contributed by atoms with Crippen LogP contribution in [0.15, 0.2) is 22.1 Å². The summed E-state index contributed by atoms with van der Waals surface area (Å²) in [6.45, 7) is 3.27. The maximum absolute atomic E-state index is 14.6. The number of carbonyl (C=O) groups is 1. The van der Waals surface area contributed by atoms with Crippen molar-refractivity contribution in [2.75, 3.05) is 13.1 Å². The average Bonchev–Trinajstić information content (AvgIpc) is 3.28. The van der Waals surface area contributed by atoms with E-state index in [1.54, 1.807) is 24.6 Å². The summed E-state index contributed by atoms with van der Waals surface area (Å²) >= 11 is 1.43. The normalized spacial score (nSPS) is 18.6. The van der Waals surface area contributed by atoms with Crippen molar-refractivity contribution in [2.24, 2.45) is 5.73 Å². The van der Waals surface area contributed by atoms with Crippen LogP contribution in [-0.4, -0.2) is 29.9 Å². The summed E-state index contributed by atoms with van der Waals surface area (Å²) < 4.78 is 40.9. The summed E-state index contributed by atoms with van der Waals surface area (Å²) in [5, 5.41) is 3.03. The number of benzene rings is 1. The molecule has 1 unspecified atom stereocenters. The highest BCUT2D eigenvalue weighted by molar-refractivity contribution is 7.09. The van der Waals surface area contributed by atoms with E-state index in [1.807, 2.05) is 6.92 Å². The molecule has 0 radical (unpaired) electrons. The second-order valence-corrected chi connectivity index (χ2v) is 7.78. The Morgan fingerprint density at radius 2 is 2.25 bits per heavy atom. The van der Waals surface area contributed by atoms with Crippen LogP contribution in [-0.2, 0) is 6.61 Å². The number of nitrogens with two attached hydrogens (primary N) is 1. The number of furan rings is 1. The zero-order valence-corrected chi connectivity index (χ0v) is 16.2. The highest BCUT2D eigenvalue weighted by Crippen LogP contribution is 2.46. The first-order chi connectivity index (χ1) is 13.3. The molecule has 3 N–H and O–H groups in total. The van der Waals surface area contributed by atoms with Crippen molar-refractivity contribution in [3.8, 4) is 5.75 Å². The van der Waals surface area contributed by atoms with E-state index in [9.17, 15) is 13.6 Å². The summed E-state index contributed by atoms with van der Waals surface area (Å²) in [7, 11) is 0. The Bertz CT molecular complexity index is 1060. The van der Waals surface area contributed by atoms with Crippen molar-refractivity contribution >= 4 is 28.2 Å². The number of nitrogens with one attached hydrogen (secondary N) is 1. The van der Waals surface area contributed by atoms with Gasteiger partial charge >= 0.3 is 0 Å². The Morgan fingerprint density at radius 1 is 1.46 bits per heavy atom. The van der Waals surface area contributed by atoms with Gasteiger partial charge in [-0.25, -0.2) is 13.8 Å². The number of carbonyl (C=O) groups excluding carboxylic acids is 1. The number of amides is 1. The number of thiazole rings is 1. The predicted molar refractivity (Wildman–Crippen MR) is 101 cm³/mol. The van der Waals surface area contributed by atoms with Gasteiger partial charge in [0.25, 0.3) is 11.8 Å². The van der Waals surface area contributed by atoms with Crippen molar-refractivity contribution in [1.82, 2.24) is 10.3 Å². The molecule has 0 saturated carbocycles. The van der Waals surface area contributed by atoms with Crippen LogP contribution < -0.4 is 15.8 Å². The Kier molecular flexibility index (Phi) is 4.59. The van der Waals surface area contributed by atoms with Crippen molar-refractivity contribution in [1.29, 1.82) is 0 Å². The van der Waals surface area contributed by atoms with Gasteiger partial charge in [0.05, 0.1) is 34.1 Å². The number of fused-ring (bicyclic) bond motifs is 1. The molecule has 0 bridgehead atoms. The molecular weight excluding hydrogens is 388 g/mol. The van der Waals surface area contributed by atoms with E-state index in [4.69, 9.17) is 14.9 Å². The molecule has 9 heteroatoms. The summed E-state index contributed by atoms with van der Waals surface area (Å²) in [4.78, 5) is 17.1. The molecule has 1 fully saturated rings. The Hall–Kier alpha value is -2.52. The minimum Gasteiger partial charge on any atom is -0.488 e. The van der Waals surface area contributed by atoms with Crippen molar-refractivity contribution in [3.05, 3.63) is 45.1 Å². The maximum Gasteiger partial charge on any atom is 0.268 e. The maximum atomic E-state index is 14.6. The van der Waals surface area contributed by atoms with Crippen molar-refractivity contribution in [2.45, 2.75) is 32.3 Å². The molecule has 148 valence electrons. The Balaban J connectivity index is 1.89. The van der Waals surface area contributed by atoms with Crippen LogP contribution in [0.4, 0.5) is 8.78 Å². The molecule has 1 aromatic carbocycles. The second-order valence-electron chi connectivity index (χ2n) is 6.84. The molecule has 1 aliphatic rings. The number of aryl methyl sites for hydroxylation is 2. The molecular formula is C19H19F2N3O3S. The van der Waals surface area contributed by atoms with Crippen LogP contribution in [0.1, 0.15) is 38.2 Å². The summed E-state index contributed by atoms with van der Waals surface area (Å²) in [6.07, 6.45) is 0. The van der Waals surface area contributed by atoms with E-state index < -0.39 is 24.3 Å². The van der Waals surface area contributed by atoms with Crippen LogP contribution in [0.3, 0.4) is 0 Å². The topological polar surface area (TPSA) is 90.4 Å². The second kappa shape index (κ2) is 6.82. The fourth-order valence-corrected chi connectivity index (χ4v) is 4.35. The van der Waals surface area contributed by atoms with Crippen molar-refractivity contribution in [3.63, 3.8) is 0 Å². The molecule has 0 spiro atoms. The summed E-state index contributed by atoms with van der Waals surface area (Å²) in [5.41, 5.74) is 8.78. The lowest BCUT2D eigenvalue weighted by molar-refractivity contribution is 0.00535. The number of nitrogens with zero attached hydrogens (tertiary/aromatic N) is 1. The monoisotopic (exact) mass is 407 g/mol. The molecule has 1 aliphatic heterocycles. The first-order valence-electron chi connectivity index (χ1n) is 8.75. The number of ether oxygens (including phenoxy) is 1. The van der Waals surface area contributed by atoms with E-state index in [0.717, 1.165) is 10.6 Å². The number of halogens is 2. The van der Waals surface area contributed by atoms with Crippen LogP contribution in [0.2, 0.25) is 0 Å². The lowest BCUT2D eigenvalue weighted by atomic mass is 9.89. The third-order valence-corrected chi connectivity index (χ3v) is 5.96. The fraction of sp³-hybridized carbons (Fsp3) is 0.368. The number of hydrogen-bond donors (Lipinski definition) is 2. The number of rotatable bonds is 5. The number of alkyl halides is 2. The molecule has 3 aromatic rings. The Morgan fingerprint density at radius 3 is 2.86 bits per heavy atom.